The number of phenolic OH excluding ortho intramolecular Hbond substituents is 1. The summed E-state index contributed by atoms with van der Waals surface area (Å²) in [6.07, 6.45) is 0.176. The van der Waals surface area contributed by atoms with Gasteiger partial charge in [-0.2, -0.15) is 4.72 Å². The number of sulfonamides is 1. The number of benzene rings is 3. The van der Waals surface area contributed by atoms with Crippen molar-refractivity contribution in [2.45, 2.75) is 38.1 Å². The molecule has 40 heavy (non-hydrogen) atoms. The van der Waals surface area contributed by atoms with Crippen molar-refractivity contribution < 1.29 is 27.9 Å². The van der Waals surface area contributed by atoms with Gasteiger partial charge < -0.3 is 20.5 Å². The number of hydrogen-bond acceptors (Lipinski definition) is 6. The Bertz CT molecular complexity index is 1520. The Morgan fingerprint density at radius 1 is 0.975 bits per heavy atom. The van der Waals surface area contributed by atoms with Crippen LogP contribution in [0.1, 0.15) is 36.2 Å². The molecule has 1 unspecified atom stereocenters. The maximum absolute atomic E-state index is 13.2. The van der Waals surface area contributed by atoms with Crippen LogP contribution in [0.3, 0.4) is 0 Å². The molecule has 0 aliphatic carbocycles. The second-order valence-corrected chi connectivity index (χ2v) is 12.3. The lowest BCUT2D eigenvalue weighted by molar-refractivity contribution is -0.118. The summed E-state index contributed by atoms with van der Waals surface area (Å²) >= 11 is 18.5. The first kappa shape index (κ1) is 31.5. The first-order chi connectivity index (χ1) is 18.7. The third kappa shape index (κ3) is 7.80. The van der Waals surface area contributed by atoms with Gasteiger partial charge in [0.2, 0.25) is 15.9 Å². The Morgan fingerprint density at radius 2 is 1.68 bits per heavy atom. The molecule has 0 aliphatic heterocycles. The summed E-state index contributed by atoms with van der Waals surface area (Å²) in [5.41, 5.74) is 0.799. The smallest absolute Gasteiger partial charge is 0.255 e. The van der Waals surface area contributed by atoms with Crippen LogP contribution in [-0.4, -0.2) is 38.5 Å². The fourth-order valence-corrected chi connectivity index (χ4v) is 5.56. The zero-order valence-electron chi connectivity index (χ0n) is 22.0. The predicted octanol–water partition coefficient (Wildman–Crippen LogP) is 6.25. The number of ether oxygens (including phenoxy) is 1. The summed E-state index contributed by atoms with van der Waals surface area (Å²) in [4.78, 5) is 25.8. The number of carbonyl (C=O) groups excluding carboxylic acids is 2. The van der Waals surface area contributed by atoms with Crippen LogP contribution in [0.2, 0.25) is 15.1 Å². The molecule has 9 nitrogen and oxygen atoms in total. The lowest BCUT2D eigenvalue weighted by Gasteiger charge is -2.21. The van der Waals surface area contributed by atoms with E-state index in [1.807, 2.05) is 13.8 Å². The van der Waals surface area contributed by atoms with Gasteiger partial charge in [-0.3, -0.25) is 9.59 Å². The molecule has 0 heterocycles. The zero-order valence-corrected chi connectivity index (χ0v) is 25.1. The quantitative estimate of drug-likeness (QED) is 0.196. The monoisotopic (exact) mass is 627 g/mol. The van der Waals surface area contributed by atoms with Crippen molar-refractivity contribution >= 4 is 68.0 Å². The van der Waals surface area contributed by atoms with Gasteiger partial charge in [0.1, 0.15) is 17.5 Å². The fourth-order valence-electron chi connectivity index (χ4n) is 3.73. The van der Waals surface area contributed by atoms with Crippen LogP contribution in [0.25, 0.3) is 0 Å². The van der Waals surface area contributed by atoms with Crippen LogP contribution >= 0.6 is 34.8 Å². The highest BCUT2D eigenvalue weighted by Gasteiger charge is 2.28. The molecule has 0 aromatic heterocycles. The Kier molecular flexibility index (Phi) is 10.3. The van der Waals surface area contributed by atoms with Gasteiger partial charge in [0, 0.05) is 17.7 Å². The summed E-state index contributed by atoms with van der Waals surface area (Å²) in [7, 11) is -2.67. The second kappa shape index (κ2) is 13.1. The van der Waals surface area contributed by atoms with Crippen molar-refractivity contribution in [1.29, 1.82) is 0 Å². The molecule has 0 saturated heterocycles. The average Bonchev–Trinajstić information content (AvgIpc) is 2.88. The molecule has 2 amide bonds. The molecular weight excluding hydrogens is 601 g/mol. The van der Waals surface area contributed by atoms with Crippen molar-refractivity contribution in [2.24, 2.45) is 5.92 Å². The predicted molar refractivity (Wildman–Crippen MR) is 157 cm³/mol. The highest BCUT2D eigenvalue weighted by Crippen LogP contribution is 2.35. The number of methoxy groups -OCH3 is 1. The minimum absolute atomic E-state index is 0.00859. The molecule has 0 saturated carbocycles. The number of hydrogen-bond donors (Lipinski definition) is 4. The van der Waals surface area contributed by atoms with Crippen LogP contribution in [0.5, 0.6) is 11.5 Å². The fraction of sp³-hybridized carbons (Fsp3) is 0.259. The first-order valence-electron chi connectivity index (χ1n) is 12.0. The highest BCUT2D eigenvalue weighted by molar-refractivity contribution is 7.89. The van der Waals surface area contributed by atoms with Crippen molar-refractivity contribution in [3.63, 3.8) is 0 Å². The van der Waals surface area contributed by atoms with Crippen LogP contribution in [-0.2, 0) is 14.8 Å². The van der Waals surface area contributed by atoms with Crippen LogP contribution in [0.15, 0.2) is 53.4 Å². The average molecular weight is 629 g/mol. The van der Waals surface area contributed by atoms with Gasteiger partial charge in [-0.15, -0.1) is 0 Å². The number of halogens is 3. The summed E-state index contributed by atoms with van der Waals surface area (Å²) in [6, 6.07) is 10.0. The molecule has 3 rings (SSSR count). The number of aryl methyl sites for hydroxylation is 1. The number of anilines is 2. The van der Waals surface area contributed by atoms with Crippen molar-refractivity contribution in [3.05, 3.63) is 74.7 Å². The summed E-state index contributed by atoms with van der Waals surface area (Å²) in [6.45, 7) is 5.37. The number of aromatic hydroxyl groups is 1. The number of carbonyl (C=O) groups is 2. The maximum atomic E-state index is 13.2. The largest absolute Gasteiger partial charge is 0.506 e. The maximum Gasteiger partial charge on any atom is 0.255 e. The Hall–Kier alpha value is -3.02. The third-order valence-electron chi connectivity index (χ3n) is 5.74. The summed E-state index contributed by atoms with van der Waals surface area (Å²) in [5.74, 6) is -1.35. The zero-order chi connectivity index (χ0) is 29.8. The number of nitrogens with one attached hydrogen (secondary N) is 3. The van der Waals surface area contributed by atoms with E-state index in [0.717, 1.165) is 6.07 Å². The molecule has 3 aromatic carbocycles. The molecule has 13 heteroatoms. The van der Waals surface area contributed by atoms with Gasteiger partial charge in [-0.1, -0.05) is 54.7 Å². The number of rotatable bonds is 10. The lowest BCUT2D eigenvalue weighted by atomic mass is 10.0. The Morgan fingerprint density at radius 3 is 2.30 bits per heavy atom. The van der Waals surface area contributed by atoms with Crippen molar-refractivity contribution in [3.8, 4) is 11.5 Å². The molecule has 3 aromatic rings. The Balaban J connectivity index is 1.81. The normalized spacial score (nSPS) is 12.2. The second-order valence-electron chi connectivity index (χ2n) is 9.36. The summed E-state index contributed by atoms with van der Waals surface area (Å²) in [5, 5.41) is 16.2. The van der Waals surface area contributed by atoms with E-state index in [0.29, 0.717) is 16.3 Å². The Labute approximate surface area is 247 Å². The van der Waals surface area contributed by atoms with E-state index in [-0.39, 0.29) is 50.0 Å². The van der Waals surface area contributed by atoms with Gasteiger partial charge in [0.15, 0.2) is 0 Å². The standard InChI is InChI=1S/C27H28Cl3N3O6S/c1-14(2)8-23(33-40(37,38)18-7-5-6-17(11-18)39-4)27(36)31-21-13-24(34)22(12-19(21)28)32-26(35)16-9-15(3)25(30)20(29)10-16/h5-7,9-14,23,33-34H,8H2,1-4H3,(H,31,36)(H,32,35). The summed E-state index contributed by atoms with van der Waals surface area (Å²) < 4.78 is 33.6. The molecule has 0 fully saturated rings. The highest BCUT2D eigenvalue weighted by atomic mass is 35.5. The van der Waals surface area contributed by atoms with Crippen molar-refractivity contribution in [1.82, 2.24) is 4.72 Å². The molecular formula is C27H28Cl3N3O6S. The van der Waals surface area contributed by atoms with Crippen LogP contribution in [0.4, 0.5) is 11.4 Å². The van der Waals surface area contributed by atoms with E-state index in [1.165, 1.54) is 43.5 Å². The minimum Gasteiger partial charge on any atom is -0.506 e. The number of phenols is 1. The van der Waals surface area contributed by atoms with E-state index < -0.39 is 27.9 Å². The number of amides is 2. The molecule has 0 spiro atoms. The van der Waals surface area contributed by atoms with Crippen LogP contribution in [0, 0.1) is 12.8 Å². The molecule has 0 radical (unpaired) electrons. The SMILES string of the molecule is COc1cccc(S(=O)(=O)NC(CC(C)C)C(=O)Nc2cc(O)c(NC(=O)c3cc(C)c(Cl)c(Cl)c3)cc2Cl)c1. The molecule has 0 aliphatic rings. The van der Waals surface area contributed by atoms with Gasteiger partial charge in [0.25, 0.3) is 5.91 Å². The van der Waals surface area contributed by atoms with E-state index >= 15 is 0 Å². The third-order valence-corrected chi connectivity index (χ3v) is 8.41. The molecule has 0 bridgehead atoms. The first-order valence-corrected chi connectivity index (χ1v) is 14.6. The van der Waals surface area contributed by atoms with Gasteiger partial charge in [-0.25, -0.2) is 8.42 Å². The molecule has 4 N–H and O–H groups in total. The van der Waals surface area contributed by atoms with E-state index in [4.69, 9.17) is 39.5 Å². The van der Waals surface area contributed by atoms with E-state index in [9.17, 15) is 23.1 Å². The lowest BCUT2D eigenvalue weighted by Crippen LogP contribution is -2.44. The molecule has 214 valence electrons. The van der Waals surface area contributed by atoms with Gasteiger partial charge >= 0.3 is 0 Å². The van der Waals surface area contributed by atoms with E-state index in [1.54, 1.807) is 13.0 Å². The van der Waals surface area contributed by atoms with Gasteiger partial charge in [0.05, 0.1) is 38.4 Å². The minimum atomic E-state index is -4.09. The van der Waals surface area contributed by atoms with E-state index in [2.05, 4.69) is 15.4 Å². The topological polar surface area (TPSA) is 134 Å². The van der Waals surface area contributed by atoms with Crippen molar-refractivity contribution in [2.75, 3.05) is 17.7 Å². The van der Waals surface area contributed by atoms with Crippen LogP contribution < -0.4 is 20.1 Å². The molecule has 1 atom stereocenters. The van der Waals surface area contributed by atoms with Gasteiger partial charge in [-0.05, 0) is 55.2 Å².